The van der Waals surface area contributed by atoms with Gasteiger partial charge in [0.2, 0.25) is 0 Å². The molecule has 1 aromatic rings. The van der Waals surface area contributed by atoms with Crippen molar-refractivity contribution in [2.45, 2.75) is 26.1 Å². The van der Waals surface area contributed by atoms with Crippen LogP contribution in [0.1, 0.15) is 19.5 Å². The van der Waals surface area contributed by atoms with E-state index in [2.05, 4.69) is 20.9 Å². The lowest BCUT2D eigenvalue weighted by atomic mass is 10.5. The molecule has 4 nitrogen and oxygen atoms in total. The predicted octanol–water partition coefficient (Wildman–Crippen LogP) is 1.60. The van der Waals surface area contributed by atoms with Crippen LogP contribution in [0.2, 0.25) is 0 Å². The molecule has 0 radical (unpaired) electrons. The van der Waals surface area contributed by atoms with Crippen molar-refractivity contribution in [2.24, 2.45) is 0 Å². The Kier molecular flexibility index (Phi) is 3.71. The first kappa shape index (κ1) is 11.7. The zero-order valence-electron chi connectivity index (χ0n) is 8.20. The molecule has 0 aliphatic carbocycles. The van der Waals surface area contributed by atoms with E-state index in [1.807, 2.05) is 11.5 Å². The van der Waals surface area contributed by atoms with Crippen LogP contribution in [0, 0.1) is 0 Å². The Hall–Kier alpha value is -0.360. The molecule has 0 N–H and O–H groups in total. The zero-order valence-corrected chi connectivity index (χ0v) is 10.6. The van der Waals surface area contributed by atoms with E-state index in [1.165, 1.54) is 0 Å². The van der Waals surface area contributed by atoms with Crippen LogP contribution in [0.5, 0.6) is 0 Å². The number of nitrogens with zero attached hydrogens (tertiary/aromatic N) is 2. The van der Waals surface area contributed by atoms with Crippen LogP contribution >= 0.6 is 15.9 Å². The van der Waals surface area contributed by atoms with Crippen molar-refractivity contribution < 1.29 is 8.42 Å². The quantitative estimate of drug-likeness (QED) is 0.842. The van der Waals surface area contributed by atoms with Crippen LogP contribution in [0.3, 0.4) is 0 Å². The smallest absolute Gasteiger partial charge is 0.177 e. The van der Waals surface area contributed by atoms with Gasteiger partial charge in [-0.3, -0.25) is 0 Å². The van der Waals surface area contributed by atoms with Gasteiger partial charge in [0.25, 0.3) is 0 Å². The van der Waals surface area contributed by atoms with Gasteiger partial charge in [-0.05, 0) is 22.9 Å². The molecule has 0 bridgehead atoms. The molecular weight excluding hydrogens is 268 g/mol. The molecule has 6 heteroatoms. The van der Waals surface area contributed by atoms with Crippen LogP contribution in [0.25, 0.3) is 0 Å². The topological polar surface area (TPSA) is 52.0 Å². The lowest BCUT2D eigenvalue weighted by molar-refractivity contribution is 0.593. The Labute approximate surface area is 92.4 Å². The number of aromatic nitrogens is 2. The highest BCUT2D eigenvalue weighted by Crippen LogP contribution is 2.14. The van der Waals surface area contributed by atoms with E-state index in [-0.39, 0.29) is 11.5 Å². The second-order valence-electron chi connectivity index (χ2n) is 2.94. The SMILES string of the molecule is CCn1c(CS(=O)(=O)CC)cnc1Br. The van der Waals surface area contributed by atoms with Crippen molar-refractivity contribution in [2.75, 3.05) is 5.75 Å². The van der Waals surface area contributed by atoms with Crippen LogP contribution in [0.15, 0.2) is 10.9 Å². The van der Waals surface area contributed by atoms with Crippen molar-refractivity contribution >= 4 is 25.8 Å². The molecule has 0 aliphatic heterocycles. The maximum atomic E-state index is 11.4. The van der Waals surface area contributed by atoms with Crippen molar-refractivity contribution in [3.8, 4) is 0 Å². The first-order valence-electron chi connectivity index (χ1n) is 4.40. The molecule has 1 heterocycles. The fourth-order valence-electron chi connectivity index (χ4n) is 1.16. The van der Waals surface area contributed by atoms with E-state index in [9.17, 15) is 8.42 Å². The minimum Gasteiger partial charge on any atom is -0.322 e. The highest BCUT2D eigenvalue weighted by atomic mass is 79.9. The summed E-state index contributed by atoms with van der Waals surface area (Å²) in [6.07, 6.45) is 1.60. The normalized spacial score (nSPS) is 11.9. The van der Waals surface area contributed by atoms with Gasteiger partial charge in [0, 0.05) is 12.3 Å². The Morgan fingerprint density at radius 1 is 1.50 bits per heavy atom. The van der Waals surface area contributed by atoms with Gasteiger partial charge in [-0.15, -0.1) is 0 Å². The lowest BCUT2D eigenvalue weighted by Crippen LogP contribution is -2.10. The highest BCUT2D eigenvalue weighted by Gasteiger charge is 2.14. The van der Waals surface area contributed by atoms with Crippen molar-refractivity contribution in [1.29, 1.82) is 0 Å². The lowest BCUT2D eigenvalue weighted by Gasteiger charge is -2.05. The number of hydrogen-bond donors (Lipinski definition) is 0. The third-order valence-corrected chi connectivity index (χ3v) is 4.26. The molecule has 1 aromatic heterocycles. The maximum absolute atomic E-state index is 11.4. The Morgan fingerprint density at radius 3 is 2.64 bits per heavy atom. The maximum Gasteiger partial charge on any atom is 0.177 e. The largest absolute Gasteiger partial charge is 0.322 e. The van der Waals surface area contributed by atoms with Crippen LogP contribution in [0.4, 0.5) is 0 Å². The third-order valence-electron chi connectivity index (χ3n) is 2.01. The van der Waals surface area contributed by atoms with Gasteiger partial charge in [-0.2, -0.15) is 0 Å². The summed E-state index contributed by atoms with van der Waals surface area (Å²) >= 11 is 3.26. The van der Waals surface area contributed by atoms with Crippen LogP contribution < -0.4 is 0 Å². The highest BCUT2D eigenvalue weighted by molar-refractivity contribution is 9.10. The van der Waals surface area contributed by atoms with Crippen molar-refractivity contribution in [3.63, 3.8) is 0 Å². The summed E-state index contributed by atoms with van der Waals surface area (Å²) in [5.41, 5.74) is 0.737. The van der Waals surface area contributed by atoms with Gasteiger partial charge >= 0.3 is 0 Å². The van der Waals surface area contributed by atoms with Gasteiger partial charge in [0.05, 0.1) is 17.6 Å². The number of halogens is 1. The van der Waals surface area contributed by atoms with Crippen LogP contribution in [-0.4, -0.2) is 23.7 Å². The fraction of sp³-hybridized carbons (Fsp3) is 0.625. The van der Waals surface area contributed by atoms with Gasteiger partial charge in [-0.1, -0.05) is 6.92 Å². The summed E-state index contributed by atoms with van der Waals surface area (Å²) in [6.45, 7) is 4.32. The van der Waals surface area contributed by atoms with E-state index >= 15 is 0 Å². The van der Waals surface area contributed by atoms with E-state index in [0.717, 1.165) is 12.2 Å². The standard InChI is InChI=1S/C8H13BrN2O2S/c1-3-11-7(5-10-8(11)9)6-14(12,13)4-2/h5H,3-4,6H2,1-2H3. The number of imidazole rings is 1. The summed E-state index contributed by atoms with van der Waals surface area (Å²) in [4.78, 5) is 4.02. The minimum absolute atomic E-state index is 0.0654. The second-order valence-corrected chi connectivity index (χ2v) is 6.00. The summed E-state index contributed by atoms with van der Waals surface area (Å²) in [7, 11) is -2.97. The summed E-state index contributed by atoms with van der Waals surface area (Å²) < 4.78 is 25.3. The minimum atomic E-state index is -2.97. The molecule has 80 valence electrons. The van der Waals surface area contributed by atoms with Gasteiger partial charge in [0.1, 0.15) is 0 Å². The Balaban J connectivity index is 2.98. The first-order valence-corrected chi connectivity index (χ1v) is 7.02. The molecule has 0 amide bonds. The zero-order chi connectivity index (χ0) is 10.8. The summed E-state index contributed by atoms with van der Waals surface area (Å²) in [5, 5.41) is 0. The predicted molar refractivity (Wildman–Crippen MR) is 58.8 cm³/mol. The molecule has 14 heavy (non-hydrogen) atoms. The van der Waals surface area contributed by atoms with Gasteiger partial charge in [0.15, 0.2) is 14.6 Å². The Morgan fingerprint density at radius 2 is 2.14 bits per heavy atom. The number of hydrogen-bond acceptors (Lipinski definition) is 3. The molecule has 0 saturated heterocycles. The summed E-state index contributed by atoms with van der Waals surface area (Å²) in [6, 6.07) is 0. The van der Waals surface area contributed by atoms with Gasteiger partial charge in [-0.25, -0.2) is 13.4 Å². The molecule has 0 saturated carbocycles. The van der Waals surface area contributed by atoms with E-state index in [1.54, 1.807) is 13.1 Å². The van der Waals surface area contributed by atoms with E-state index in [0.29, 0.717) is 4.73 Å². The Bertz CT molecular complexity index is 411. The van der Waals surface area contributed by atoms with Crippen molar-refractivity contribution in [3.05, 3.63) is 16.6 Å². The average Bonchev–Trinajstić information content (AvgIpc) is 2.46. The van der Waals surface area contributed by atoms with E-state index in [4.69, 9.17) is 0 Å². The molecule has 0 unspecified atom stereocenters. The number of sulfone groups is 1. The van der Waals surface area contributed by atoms with Gasteiger partial charge < -0.3 is 4.57 Å². The molecule has 0 aromatic carbocycles. The molecule has 0 aliphatic rings. The molecule has 0 fully saturated rings. The number of rotatable bonds is 4. The molecule has 1 rings (SSSR count). The van der Waals surface area contributed by atoms with Crippen molar-refractivity contribution in [1.82, 2.24) is 9.55 Å². The summed E-state index contributed by atoms with van der Waals surface area (Å²) in [5.74, 6) is 0.232. The molecule has 0 atom stereocenters. The van der Waals surface area contributed by atoms with E-state index < -0.39 is 9.84 Å². The third kappa shape index (κ3) is 2.57. The first-order chi connectivity index (χ1) is 6.50. The second kappa shape index (κ2) is 4.44. The molecule has 0 spiro atoms. The monoisotopic (exact) mass is 280 g/mol. The molecular formula is C8H13BrN2O2S. The van der Waals surface area contributed by atoms with Crippen LogP contribution in [-0.2, 0) is 22.1 Å². The fourth-order valence-corrected chi connectivity index (χ4v) is 2.63. The average molecular weight is 281 g/mol.